The van der Waals surface area contributed by atoms with Crippen LogP contribution in [0.25, 0.3) is 11.4 Å². The first-order valence-electron chi connectivity index (χ1n) is 9.81. The van der Waals surface area contributed by atoms with Gasteiger partial charge in [-0.1, -0.05) is 35.0 Å². The maximum absolute atomic E-state index is 12.8. The second kappa shape index (κ2) is 10.5. The summed E-state index contributed by atoms with van der Waals surface area (Å²) >= 11 is 0. The summed E-state index contributed by atoms with van der Waals surface area (Å²) in [6.07, 6.45) is 1.19. The number of carbonyl (C=O) groups is 1. The molecule has 10 heteroatoms. The van der Waals surface area contributed by atoms with Gasteiger partial charge >= 0.3 is 0 Å². The minimum absolute atomic E-state index is 0. The highest BCUT2D eigenvalue weighted by atomic mass is 35.5. The lowest BCUT2D eigenvalue weighted by Gasteiger charge is -2.40. The van der Waals surface area contributed by atoms with E-state index in [-0.39, 0.29) is 30.7 Å². The Morgan fingerprint density at radius 1 is 1.10 bits per heavy atom. The molecule has 0 radical (unpaired) electrons. The number of amides is 1. The van der Waals surface area contributed by atoms with Crippen molar-refractivity contribution < 1.29 is 14.1 Å². The lowest BCUT2D eigenvalue weighted by atomic mass is 9.89. The first-order valence-corrected chi connectivity index (χ1v) is 9.81. The van der Waals surface area contributed by atoms with Crippen LogP contribution in [0.15, 0.2) is 28.8 Å². The summed E-state index contributed by atoms with van der Waals surface area (Å²) in [6, 6.07) is 8.05. The van der Waals surface area contributed by atoms with E-state index in [9.17, 15) is 4.79 Å². The Hall–Kier alpha value is -1.71. The molecule has 0 aliphatic carbocycles. The fourth-order valence-corrected chi connectivity index (χ4v) is 3.70. The van der Waals surface area contributed by atoms with Crippen LogP contribution in [0.5, 0.6) is 0 Å². The van der Waals surface area contributed by atoms with Gasteiger partial charge in [-0.3, -0.25) is 9.69 Å². The second-order valence-corrected chi connectivity index (χ2v) is 7.71. The third-order valence-corrected chi connectivity index (χ3v) is 5.61. The zero-order valence-corrected chi connectivity index (χ0v) is 18.7. The molecule has 0 unspecified atom stereocenters. The minimum atomic E-state index is -0.768. The van der Waals surface area contributed by atoms with Crippen molar-refractivity contribution in [1.29, 1.82) is 0 Å². The molecule has 1 amide bonds. The number of carbonyl (C=O) groups excluding carboxylic acids is 1. The molecule has 2 aromatic rings. The molecule has 166 valence electrons. The van der Waals surface area contributed by atoms with Gasteiger partial charge < -0.3 is 19.9 Å². The van der Waals surface area contributed by atoms with Gasteiger partial charge in [-0.05, 0) is 19.8 Å². The molecule has 2 aliphatic rings. The molecule has 0 bridgehead atoms. The van der Waals surface area contributed by atoms with Crippen molar-refractivity contribution in [2.75, 3.05) is 39.4 Å². The third kappa shape index (κ3) is 5.50. The summed E-state index contributed by atoms with van der Waals surface area (Å²) in [5, 5.41) is 4.09. The smallest absolute Gasteiger partial charge is 0.242 e. The number of ether oxygens (including phenoxy) is 1. The quantitative estimate of drug-likeness (QED) is 0.749. The van der Waals surface area contributed by atoms with Gasteiger partial charge in [0.25, 0.3) is 0 Å². The monoisotopic (exact) mass is 457 g/mol. The summed E-state index contributed by atoms with van der Waals surface area (Å²) in [4.78, 5) is 21.4. The van der Waals surface area contributed by atoms with E-state index in [1.165, 1.54) is 5.56 Å². The zero-order chi connectivity index (χ0) is 19.6. The van der Waals surface area contributed by atoms with Gasteiger partial charge in [-0.25, -0.2) is 0 Å². The van der Waals surface area contributed by atoms with Gasteiger partial charge in [-0.2, -0.15) is 4.98 Å². The summed E-state index contributed by atoms with van der Waals surface area (Å²) in [7, 11) is 0. The van der Waals surface area contributed by atoms with E-state index in [1.807, 2.05) is 36.1 Å². The van der Waals surface area contributed by atoms with Crippen molar-refractivity contribution in [3.63, 3.8) is 0 Å². The number of nitrogens with zero attached hydrogens (tertiary/aromatic N) is 4. The number of aromatic nitrogens is 2. The number of aryl methyl sites for hydroxylation is 1. The number of piperazine rings is 1. The summed E-state index contributed by atoms with van der Waals surface area (Å²) in [5.74, 6) is 1.25. The van der Waals surface area contributed by atoms with E-state index in [4.69, 9.17) is 15.0 Å². The van der Waals surface area contributed by atoms with Gasteiger partial charge in [0, 0.05) is 45.0 Å². The van der Waals surface area contributed by atoms with Gasteiger partial charge in [0.1, 0.15) is 0 Å². The van der Waals surface area contributed by atoms with Crippen molar-refractivity contribution >= 4 is 30.7 Å². The fraction of sp³-hybridized carbons (Fsp3) is 0.550. The summed E-state index contributed by atoms with van der Waals surface area (Å²) < 4.78 is 10.8. The molecule has 0 spiro atoms. The molecule has 2 saturated heterocycles. The van der Waals surface area contributed by atoms with Crippen molar-refractivity contribution in [2.45, 2.75) is 31.8 Å². The highest BCUT2D eigenvalue weighted by molar-refractivity contribution is 5.86. The molecule has 2 fully saturated rings. The molecule has 3 heterocycles. The predicted octanol–water partition coefficient (Wildman–Crippen LogP) is 2.04. The number of halogens is 2. The SMILES string of the molecule is Cc1ccc(-c2noc(CN3CCN(C(=O)C4(N)CCOCC4)CC3)n2)cc1.Cl.Cl. The average molecular weight is 458 g/mol. The van der Waals surface area contributed by atoms with Crippen LogP contribution >= 0.6 is 24.8 Å². The lowest BCUT2D eigenvalue weighted by molar-refractivity contribution is -0.142. The largest absolute Gasteiger partial charge is 0.381 e. The van der Waals surface area contributed by atoms with Crippen LogP contribution in [0.1, 0.15) is 24.3 Å². The first kappa shape index (κ1) is 24.6. The summed E-state index contributed by atoms with van der Waals surface area (Å²) in [5.41, 5.74) is 7.71. The molecule has 2 N–H and O–H groups in total. The zero-order valence-electron chi connectivity index (χ0n) is 17.1. The van der Waals surface area contributed by atoms with Crippen LogP contribution in [0.3, 0.4) is 0 Å². The van der Waals surface area contributed by atoms with Crippen LogP contribution in [0, 0.1) is 6.92 Å². The molecule has 0 atom stereocenters. The van der Waals surface area contributed by atoms with Crippen molar-refractivity contribution in [3.05, 3.63) is 35.7 Å². The Kier molecular flexibility index (Phi) is 8.63. The van der Waals surface area contributed by atoms with Gasteiger partial charge in [-0.15, -0.1) is 24.8 Å². The molecule has 1 aromatic heterocycles. The van der Waals surface area contributed by atoms with Gasteiger partial charge in [0.2, 0.25) is 17.6 Å². The highest BCUT2D eigenvalue weighted by Crippen LogP contribution is 2.22. The lowest BCUT2D eigenvalue weighted by Crippen LogP contribution is -2.61. The molecule has 1 aromatic carbocycles. The standard InChI is InChI=1S/C20H27N5O3.2ClH/c1-15-2-4-16(5-3-15)18-22-17(28-23-18)14-24-8-10-25(11-9-24)19(26)20(21)6-12-27-13-7-20;;/h2-5H,6-14,21H2,1H3;2*1H. The average Bonchev–Trinajstić information content (AvgIpc) is 3.17. The normalized spacial score (nSPS) is 18.9. The molecule has 8 nitrogen and oxygen atoms in total. The molecular formula is C20H29Cl2N5O3. The van der Waals surface area contributed by atoms with E-state index < -0.39 is 5.54 Å². The predicted molar refractivity (Wildman–Crippen MR) is 118 cm³/mol. The van der Waals surface area contributed by atoms with E-state index in [1.54, 1.807) is 0 Å². The van der Waals surface area contributed by atoms with Crippen molar-refractivity contribution in [3.8, 4) is 11.4 Å². The minimum Gasteiger partial charge on any atom is -0.381 e. The number of rotatable bonds is 4. The Bertz CT molecular complexity index is 816. The topological polar surface area (TPSA) is 97.7 Å². The van der Waals surface area contributed by atoms with Crippen LogP contribution in [-0.4, -0.2) is 70.8 Å². The molecule has 4 rings (SSSR count). The Morgan fingerprint density at radius 2 is 1.73 bits per heavy atom. The second-order valence-electron chi connectivity index (χ2n) is 7.71. The molecular weight excluding hydrogens is 429 g/mol. The van der Waals surface area contributed by atoms with Crippen molar-refractivity contribution in [1.82, 2.24) is 19.9 Å². The number of benzene rings is 1. The highest BCUT2D eigenvalue weighted by Gasteiger charge is 2.39. The van der Waals surface area contributed by atoms with Crippen LogP contribution in [0.2, 0.25) is 0 Å². The molecule has 0 saturated carbocycles. The summed E-state index contributed by atoms with van der Waals surface area (Å²) in [6.45, 7) is 6.61. The number of hydrogen-bond acceptors (Lipinski definition) is 7. The number of hydrogen-bond donors (Lipinski definition) is 1. The Morgan fingerprint density at radius 3 is 2.37 bits per heavy atom. The molecule has 2 aliphatic heterocycles. The third-order valence-electron chi connectivity index (χ3n) is 5.61. The van der Waals surface area contributed by atoms with Crippen LogP contribution in [-0.2, 0) is 16.1 Å². The van der Waals surface area contributed by atoms with Crippen molar-refractivity contribution in [2.24, 2.45) is 5.73 Å². The van der Waals surface area contributed by atoms with E-state index >= 15 is 0 Å². The maximum Gasteiger partial charge on any atom is 0.242 e. The number of nitrogens with two attached hydrogens (primary N) is 1. The maximum atomic E-state index is 12.8. The van der Waals surface area contributed by atoms with Gasteiger partial charge in [0.05, 0.1) is 12.1 Å². The van der Waals surface area contributed by atoms with Crippen LogP contribution in [0.4, 0.5) is 0 Å². The molecule has 30 heavy (non-hydrogen) atoms. The Balaban J connectivity index is 0.00000160. The van der Waals surface area contributed by atoms with Gasteiger partial charge in [0.15, 0.2) is 0 Å². The van der Waals surface area contributed by atoms with Crippen LogP contribution < -0.4 is 5.73 Å². The first-order chi connectivity index (χ1) is 13.5. The van der Waals surface area contributed by atoms with E-state index in [0.29, 0.717) is 57.4 Å². The Labute approximate surface area is 188 Å². The fourth-order valence-electron chi connectivity index (χ4n) is 3.70. The van der Waals surface area contributed by atoms with E-state index in [0.717, 1.165) is 18.7 Å². The van der Waals surface area contributed by atoms with E-state index in [2.05, 4.69) is 15.0 Å².